The minimum absolute atomic E-state index is 0.121. The molecule has 3 heteroatoms. The van der Waals surface area contributed by atoms with Crippen molar-refractivity contribution < 1.29 is 17.2 Å². The number of rotatable bonds is 2. The van der Waals surface area contributed by atoms with Crippen molar-refractivity contribution in [2.75, 3.05) is 0 Å². The molecule has 0 radical (unpaired) electrons. The van der Waals surface area contributed by atoms with E-state index in [-0.39, 0.29) is 17.2 Å². The van der Waals surface area contributed by atoms with Crippen LogP contribution in [-0.2, 0) is 13.4 Å². The van der Waals surface area contributed by atoms with Crippen LogP contribution in [0.15, 0.2) is 34.7 Å². The summed E-state index contributed by atoms with van der Waals surface area (Å²) in [6.07, 6.45) is -2.11. The average Bonchev–Trinajstić information content (AvgIpc) is 3.12. The van der Waals surface area contributed by atoms with E-state index in [2.05, 4.69) is 4.85 Å². The highest BCUT2D eigenvalue weighted by Gasteiger charge is 2.26. The van der Waals surface area contributed by atoms with Gasteiger partial charge in [0.25, 0.3) is 0 Å². The zero-order valence-electron chi connectivity index (χ0n) is 25.1. The number of pyridine rings is 1. The molecule has 0 unspecified atom stereocenters. The fourth-order valence-electron chi connectivity index (χ4n) is 3.97. The largest absolute Gasteiger partial charge is 0.455 e. The molecular weight excluding hydrogens is 380 g/mol. The summed E-state index contributed by atoms with van der Waals surface area (Å²) in [5.41, 5.74) is 3.40. The van der Waals surface area contributed by atoms with Gasteiger partial charge in [-0.25, -0.2) is 4.85 Å². The predicted octanol–water partition coefficient (Wildman–Crippen LogP) is 7.45. The summed E-state index contributed by atoms with van der Waals surface area (Å²) in [4.78, 5) is 3.62. The molecule has 0 aliphatic heterocycles. The zero-order valence-corrected chi connectivity index (χ0v) is 19.1. The molecule has 2 aromatic carbocycles. The van der Waals surface area contributed by atoms with Gasteiger partial charge in [0, 0.05) is 36.2 Å². The summed E-state index contributed by atoms with van der Waals surface area (Å²) >= 11 is 0. The number of hydrogen-bond donors (Lipinski definition) is 0. The van der Waals surface area contributed by atoms with Gasteiger partial charge in [0.2, 0.25) is 5.69 Å². The third-order valence-corrected chi connectivity index (χ3v) is 5.72. The van der Waals surface area contributed by atoms with Crippen molar-refractivity contribution in [2.45, 2.75) is 54.8 Å². The highest BCUT2D eigenvalue weighted by molar-refractivity contribution is 6.10. The second-order valence-corrected chi connectivity index (χ2v) is 9.23. The molecule has 0 amide bonds. The first kappa shape index (κ1) is 14.8. The molecule has 0 spiro atoms. The molecule has 0 bridgehead atoms. The Hall–Kier alpha value is -3.12. The molecule has 4 rings (SSSR count). The lowest BCUT2D eigenvalue weighted by atomic mass is 9.85. The van der Waals surface area contributed by atoms with Crippen molar-refractivity contribution in [2.24, 2.45) is 12.5 Å². The van der Waals surface area contributed by atoms with Crippen molar-refractivity contribution in [3.63, 3.8) is 0 Å². The van der Waals surface area contributed by atoms with Gasteiger partial charge in [-0.05, 0) is 61.3 Å². The Morgan fingerprint density at radius 2 is 1.90 bits per heavy atom. The van der Waals surface area contributed by atoms with Crippen molar-refractivity contribution in [3.8, 4) is 11.3 Å². The number of hydrogen-bond acceptors (Lipinski definition) is 1. The van der Waals surface area contributed by atoms with Gasteiger partial charge < -0.3 is 4.42 Å². The minimum atomic E-state index is -2.61. The van der Waals surface area contributed by atoms with Crippen LogP contribution < -0.4 is 4.57 Å². The van der Waals surface area contributed by atoms with Crippen LogP contribution in [0.1, 0.15) is 56.9 Å². The van der Waals surface area contributed by atoms with Gasteiger partial charge in [0.15, 0.2) is 11.4 Å². The van der Waals surface area contributed by atoms with Gasteiger partial charge in [0.1, 0.15) is 18.2 Å². The third kappa shape index (κ3) is 3.51. The van der Waals surface area contributed by atoms with Crippen molar-refractivity contribution in [1.29, 1.82) is 0 Å². The Morgan fingerprint density at radius 3 is 2.55 bits per heavy atom. The summed E-state index contributed by atoms with van der Waals surface area (Å²) < 4.78 is 60.0. The first-order chi connectivity index (χ1) is 16.9. The monoisotopic (exact) mass is 417 g/mol. The van der Waals surface area contributed by atoms with Crippen LogP contribution in [0, 0.1) is 39.6 Å². The van der Waals surface area contributed by atoms with Gasteiger partial charge in [-0.15, -0.1) is 0 Å². The van der Waals surface area contributed by atoms with Crippen molar-refractivity contribution in [1.82, 2.24) is 0 Å². The predicted molar refractivity (Wildman–Crippen MR) is 129 cm³/mol. The van der Waals surface area contributed by atoms with E-state index in [1.54, 1.807) is 45.4 Å². The van der Waals surface area contributed by atoms with Crippen LogP contribution in [0.3, 0.4) is 0 Å². The minimum Gasteiger partial charge on any atom is -0.455 e. The van der Waals surface area contributed by atoms with E-state index in [9.17, 15) is 1.37 Å². The molecule has 0 aliphatic rings. The summed E-state index contributed by atoms with van der Waals surface area (Å²) in [6.45, 7) is 15.4. The standard InChI is InChI=1S/C28H31N2O/c1-16-10-11-21-22-14-23(29-8)17(2)12-25(22)31-27(21)26(16)24-13-20(15-28(5,6)7)18(3)19(4)30(24)9/h10-14H,15H2,1-7,9H3/q+1/i3D3,13D,15D2. The van der Waals surface area contributed by atoms with Crippen LogP contribution in [0.5, 0.6) is 0 Å². The molecule has 0 aliphatic carbocycles. The van der Waals surface area contributed by atoms with Crippen LogP contribution >= 0.6 is 0 Å². The van der Waals surface area contributed by atoms with Crippen LogP contribution in [0.25, 0.3) is 38.0 Å². The summed E-state index contributed by atoms with van der Waals surface area (Å²) in [6, 6.07) is 7.29. The molecule has 0 fully saturated rings. The first-order valence-corrected chi connectivity index (χ1v) is 10.3. The zero-order chi connectivity index (χ0) is 27.8. The van der Waals surface area contributed by atoms with Crippen LogP contribution in [0.4, 0.5) is 5.69 Å². The number of furan rings is 1. The van der Waals surface area contributed by atoms with Crippen LogP contribution in [-0.4, -0.2) is 0 Å². The molecule has 0 atom stereocenters. The molecule has 2 aromatic heterocycles. The topological polar surface area (TPSA) is 21.4 Å². The lowest BCUT2D eigenvalue weighted by molar-refractivity contribution is -0.667. The smallest absolute Gasteiger partial charge is 0.216 e. The third-order valence-electron chi connectivity index (χ3n) is 5.72. The van der Waals surface area contributed by atoms with E-state index in [4.69, 9.17) is 17.8 Å². The molecule has 31 heavy (non-hydrogen) atoms. The normalized spacial score (nSPS) is 15.7. The van der Waals surface area contributed by atoms with Gasteiger partial charge >= 0.3 is 0 Å². The number of aryl methyl sites for hydroxylation is 2. The lowest BCUT2D eigenvalue weighted by Crippen LogP contribution is -2.36. The van der Waals surface area contributed by atoms with E-state index >= 15 is 0 Å². The number of nitrogens with zero attached hydrogens (tertiary/aromatic N) is 2. The molecule has 2 heterocycles. The molecule has 3 nitrogen and oxygen atoms in total. The van der Waals surface area contributed by atoms with Gasteiger partial charge in [-0.3, -0.25) is 0 Å². The molecule has 0 N–H and O–H groups in total. The number of aromatic nitrogens is 1. The number of fused-ring (bicyclic) bond motifs is 3. The van der Waals surface area contributed by atoms with E-state index in [1.165, 1.54) is 0 Å². The Balaban J connectivity index is 2.23. The van der Waals surface area contributed by atoms with E-state index in [0.717, 1.165) is 21.9 Å². The fraction of sp³-hybridized carbons (Fsp3) is 0.357. The Morgan fingerprint density at radius 1 is 1.16 bits per heavy atom. The van der Waals surface area contributed by atoms with Crippen molar-refractivity contribution >= 4 is 27.6 Å². The maximum Gasteiger partial charge on any atom is 0.216 e. The fourth-order valence-corrected chi connectivity index (χ4v) is 3.97. The quantitative estimate of drug-likeness (QED) is 0.245. The van der Waals surface area contributed by atoms with E-state index < -0.39 is 18.6 Å². The summed E-state index contributed by atoms with van der Waals surface area (Å²) in [5.74, 6) is 0. The van der Waals surface area contributed by atoms with E-state index in [1.807, 2.05) is 32.0 Å². The molecule has 158 valence electrons. The lowest BCUT2D eigenvalue weighted by Gasteiger charge is -2.20. The number of benzene rings is 2. The maximum absolute atomic E-state index is 9.29. The Kier molecular flexibility index (Phi) is 3.46. The average molecular weight is 418 g/mol. The van der Waals surface area contributed by atoms with E-state index in [0.29, 0.717) is 33.8 Å². The molecule has 4 aromatic rings. The highest BCUT2D eigenvalue weighted by Crippen LogP contribution is 2.40. The maximum atomic E-state index is 9.29. The van der Waals surface area contributed by atoms with Gasteiger partial charge in [-0.1, -0.05) is 32.9 Å². The van der Waals surface area contributed by atoms with Gasteiger partial charge in [0.05, 0.1) is 13.5 Å². The highest BCUT2D eigenvalue weighted by atomic mass is 16.3. The Labute approximate surface area is 193 Å². The van der Waals surface area contributed by atoms with Crippen LogP contribution in [0.2, 0.25) is 0 Å². The summed E-state index contributed by atoms with van der Waals surface area (Å²) in [5, 5.41) is 1.56. The molecular formula is C28H31N2O+. The first-order valence-electron chi connectivity index (χ1n) is 13.3. The van der Waals surface area contributed by atoms with Crippen molar-refractivity contribution in [3.05, 3.63) is 69.7 Å². The van der Waals surface area contributed by atoms with Gasteiger partial charge in [-0.2, -0.15) is 4.57 Å². The molecule has 0 saturated heterocycles. The summed E-state index contributed by atoms with van der Waals surface area (Å²) in [7, 11) is 1.70. The second kappa shape index (κ2) is 7.24. The molecule has 0 saturated carbocycles. The SMILES string of the molecule is [2H]c1c(C([2H])([2H])C(C)(C)C)c(C([2H])([2H])[2H])c(C)[n+](C)c1-c1c(C)ccc2c1oc1cc(C)c([N+]#[C-])cc12. The Bertz CT molecular complexity index is 1630. The second-order valence-electron chi connectivity index (χ2n) is 9.23.